The van der Waals surface area contributed by atoms with Crippen LogP contribution in [0.2, 0.25) is 0 Å². The normalized spacial score (nSPS) is 27.7. The molecule has 4 heteroatoms. The average Bonchev–Trinajstić information content (AvgIpc) is 2.64. The molecule has 0 aliphatic carbocycles. The molecule has 1 heterocycles. The van der Waals surface area contributed by atoms with Crippen molar-refractivity contribution >= 4 is 5.91 Å². The van der Waals surface area contributed by atoms with Gasteiger partial charge >= 0.3 is 0 Å². The Balaban J connectivity index is 2.33. The quantitative estimate of drug-likeness (QED) is 0.709. The number of rotatable bonds is 5. The van der Waals surface area contributed by atoms with E-state index in [4.69, 9.17) is 9.84 Å². The Morgan fingerprint density at radius 1 is 1.67 bits per heavy atom. The molecule has 0 radical (unpaired) electrons. The third-order valence-corrected chi connectivity index (χ3v) is 2.89. The van der Waals surface area contributed by atoms with Gasteiger partial charge in [0.2, 0.25) is 5.91 Å². The molecule has 0 aromatic rings. The Hall–Kier alpha value is -0.610. The van der Waals surface area contributed by atoms with Gasteiger partial charge in [0.25, 0.3) is 0 Å². The molecule has 0 aromatic carbocycles. The van der Waals surface area contributed by atoms with Crippen molar-refractivity contribution in [1.82, 2.24) is 5.32 Å². The molecule has 3 unspecified atom stereocenters. The highest BCUT2D eigenvalue weighted by molar-refractivity contribution is 5.79. The van der Waals surface area contributed by atoms with Gasteiger partial charge in [0.05, 0.1) is 18.6 Å². The second kappa shape index (κ2) is 6.08. The molecule has 88 valence electrons. The number of amides is 1. The zero-order chi connectivity index (χ0) is 11.3. The van der Waals surface area contributed by atoms with E-state index in [1.807, 2.05) is 13.8 Å². The monoisotopic (exact) mass is 215 g/mol. The summed E-state index contributed by atoms with van der Waals surface area (Å²) in [6.07, 6.45) is 2.49. The lowest BCUT2D eigenvalue weighted by Crippen LogP contribution is -2.39. The molecule has 0 bridgehead atoms. The first-order valence-corrected chi connectivity index (χ1v) is 5.70. The average molecular weight is 215 g/mol. The van der Waals surface area contributed by atoms with E-state index in [2.05, 4.69) is 5.32 Å². The molecule has 15 heavy (non-hydrogen) atoms. The third-order valence-electron chi connectivity index (χ3n) is 2.89. The van der Waals surface area contributed by atoms with Crippen LogP contribution in [-0.2, 0) is 9.53 Å². The van der Waals surface area contributed by atoms with E-state index in [0.717, 1.165) is 12.8 Å². The van der Waals surface area contributed by atoms with Gasteiger partial charge < -0.3 is 15.2 Å². The maximum absolute atomic E-state index is 11.8. The number of carbonyl (C=O) groups excluding carboxylic acids is 1. The van der Waals surface area contributed by atoms with Gasteiger partial charge in [0.1, 0.15) is 0 Å². The van der Waals surface area contributed by atoms with E-state index in [1.54, 1.807) is 0 Å². The van der Waals surface area contributed by atoms with Crippen LogP contribution in [-0.4, -0.2) is 36.4 Å². The fourth-order valence-electron chi connectivity index (χ4n) is 1.85. The van der Waals surface area contributed by atoms with Crippen LogP contribution in [0.15, 0.2) is 0 Å². The van der Waals surface area contributed by atoms with Gasteiger partial charge in [-0.25, -0.2) is 0 Å². The minimum Gasteiger partial charge on any atom is -0.396 e. The molecule has 1 aliphatic rings. The lowest BCUT2D eigenvalue weighted by molar-refractivity contribution is -0.125. The van der Waals surface area contributed by atoms with Gasteiger partial charge in [0, 0.05) is 12.6 Å². The maximum atomic E-state index is 11.8. The van der Waals surface area contributed by atoms with Crippen molar-refractivity contribution in [3.63, 3.8) is 0 Å². The molecule has 1 rings (SSSR count). The minimum absolute atomic E-state index is 0.00672. The number of aliphatic hydroxyl groups excluding tert-OH is 1. The summed E-state index contributed by atoms with van der Waals surface area (Å²) in [6.45, 7) is 4.64. The second-order valence-corrected chi connectivity index (χ2v) is 4.20. The number of carbonyl (C=O) groups is 1. The summed E-state index contributed by atoms with van der Waals surface area (Å²) >= 11 is 0. The predicted molar refractivity (Wildman–Crippen MR) is 57.4 cm³/mol. The van der Waals surface area contributed by atoms with Crippen molar-refractivity contribution in [2.75, 3.05) is 13.2 Å². The highest BCUT2D eigenvalue weighted by atomic mass is 16.5. The summed E-state index contributed by atoms with van der Waals surface area (Å²) in [4.78, 5) is 11.8. The maximum Gasteiger partial charge on any atom is 0.225 e. The fourth-order valence-corrected chi connectivity index (χ4v) is 1.85. The van der Waals surface area contributed by atoms with Gasteiger partial charge in [0.15, 0.2) is 0 Å². The molecule has 0 aromatic heterocycles. The van der Waals surface area contributed by atoms with Crippen molar-refractivity contribution in [1.29, 1.82) is 0 Å². The van der Waals surface area contributed by atoms with E-state index in [-0.39, 0.29) is 30.6 Å². The Morgan fingerprint density at radius 2 is 2.40 bits per heavy atom. The summed E-state index contributed by atoms with van der Waals surface area (Å²) < 4.78 is 5.35. The Labute approximate surface area is 91.0 Å². The summed E-state index contributed by atoms with van der Waals surface area (Å²) in [5.74, 6) is 0.0624. The lowest BCUT2D eigenvalue weighted by Gasteiger charge is -2.17. The molecule has 1 aliphatic heterocycles. The number of hydrogen-bond acceptors (Lipinski definition) is 3. The first-order chi connectivity index (χ1) is 7.17. The summed E-state index contributed by atoms with van der Waals surface area (Å²) in [5.41, 5.74) is 0. The van der Waals surface area contributed by atoms with E-state index in [9.17, 15) is 4.79 Å². The van der Waals surface area contributed by atoms with Gasteiger partial charge in [-0.2, -0.15) is 0 Å². The first kappa shape index (κ1) is 12.5. The lowest BCUT2D eigenvalue weighted by atomic mass is 10.0. The van der Waals surface area contributed by atoms with Crippen molar-refractivity contribution in [3.05, 3.63) is 0 Å². The Bertz CT molecular complexity index is 208. The zero-order valence-electron chi connectivity index (χ0n) is 9.53. The molecule has 1 fully saturated rings. The van der Waals surface area contributed by atoms with E-state index in [1.165, 1.54) is 0 Å². The van der Waals surface area contributed by atoms with E-state index >= 15 is 0 Å². The molecule has 1 saturated heterocycles. The molecule has 3 atom stereocenters. The number of hydrogen-bond donors (Lipinski definition) is 2. The predicted octanol–water partition coefficient (Wildman–Crippen LogP) is 0.689. The molecular weight excluding hydrogens is 194 g/mol. The molecule has 0 saturated carbocycles. The molecular formula is C11H21NO3. The van der Waals surface area contributed by atoms with Crippen LogP contribution in [0.3, 0.4) is 0 Å². The fraction of sp³-hybridized carbons (Fsp3) is 0.909. The van der Waals surface area contributed by atoms with E-state index < -0.39 is 0 Å². The standard InChI is InChI=1S/C11H21NO3/c1-3-10(4-5-13)12-11(14)9-6-8(2)15-7-9/h8-10,13H,3-7H2,1-2H3,(H,12,14). The van der Waals surface area contributed by atoms with Crippen molar-refractivity contribution in [2.45, 2.75) is 45.3 Å². The van der Waals surface area contributed by atoms with Gasteiger partial charge in [-0.05, 0) is 26.2 Å². The van der Waals surface area contributed by atoms with Crippen LogP contribution in [0.4, 0.5) is 0 Å². The number of nitrogens with one attached hydrogen (secondary N) is 1. The largest absolute Gasteiger partial charge is 0.396 e. The summed E-state index contributed by atoms with van der Waals surface area (Å²) in [7, 11) is 0. The topological polar surface area (TPSA) is 58.6 Å². The van der Waals surface area contributed by atoms with Gasteiger partial charge in [-0.15, -0.1) is 0 Å². The molecule has 4 nitrogen and oxygen atoms in total. The van der Waals surface area contributed by atoms with Crippen LogP contribution in [0.5, 0.6) is 0 Å². The van der Waals surface area contributed by atoms with Gasteiger partial charge in [-0.3, -0.25) is 4.79 Å². The third kappa shape index (κ3) is 3.80. The highest BCUT2D eigenvalue weighted by Crippen LogP contribution is 2.19. The van der Waals surface area contributed by atoms with E-state index in [0.29, 0.717) is 13.0 Å². The van der Waals surface area contributed by atoms with Gasteiger partial charge in [-0.1, -0.05) is 6.92 Å². The Kier molecular flexibility index (Phi) is 5.05. The smallest absolute Gasteiger partial charge is 0.225 e. The van der Waals surface area contributed by atoms with Crippen LogP contribution in [0.25, 0.3) is 0 Å². The summed E-state index contributed by atoms with van der Waals surface area (Å²) in [5, 5.41) is 11.8. The molecule has 2 N–H and O–H groups in total. The molecule has 0 spiro atoms. The molecule has 1 amide bonds. The van der Waals surface area contributed by atoms with Crippen molar-refractivity contribution < 1.29 is 14.6 Å². The Morgan fingerprint density at radius 3 is 2.87 bits per heavy atom. The number of aliphatic hydroxyl groups is 1. The van der Waals surface area contributed by atoms with Crippen molar-refractivity contribution in [3.8, 4) is 0 Å². The number of ether oxygens (including phenoxy) is 1. The second-order valence-electron chi connectivity index (χ2n) is 4.20. The van der Waals surface area contributed by atoms with Crippen LogP contribution < -0.4 is 5.32 Å². The zero-order valence-corrected chi connectivity index (χ0v) is 9.53. The van der Waals surface area contributed by atoms with Crippen LogP contribution in [0.1, 0.15) is 33.1 Å². The van der Waals surface area contributed by atoms with Crippen LogP contribution in [0, 0.1) is 5.92 Å². The summed E-state index contributed by atoms with van der Waals surface area (Å²) in [6, 6.07) is 0.0957. The SMILES string of the molecule is CCC(CCO)NC(=O)C1COC(C)C1. The van der Waals surface area contributed by atoms with Crippen LogP contribution >= 0.6 is 0 Å². The first-order valence-electron chi connectivity index (χ1n) is 5.70. The highest BCUT2D eigenvalue weighted by Gasteiger charge is 2.28. The van der Waals surface area contributed by atoms with Crippen molar-refractivity contribution in [2.24, 2.45) is 5.92 Å². The minimum atomic E-state index is -0.00672.